The molecule has 0 spiro atoms. The number of anilines is 1. The fourth-order valence-electron chi connectivity index (χ4n) is 2.77. The first-order valence-electron chi connectivity index (χ1n) is 8.47. The Morgan fingerprint density at radius 1 is 0.893 bits per heavy atom. The van der Waals surface area contributed by atoms with Crippen molar-refractivity contribution < 1.29 is 9.72 Å². The highest BCUT2D eigenvalue weighted by Crippen LogP contribution is 2.27. The summed E-state index contributed by atoms with van der Waals surface area (Å²) in [5, 5.41) is 15.3. The summed E-state index contributed by atoms with van der Waals surface area (Å²) in [6, 6.07) is 19.7. The monoisotopic (exact) mass is 414 g/mol. The minimum Gasteiger partial charge on any atom is -0.378 e. The van der Waals surface area contributed by atoms with E-state index in [4.69, 9.17) is 23.2 Å². The van der Waals surface area contributed by atoms with E-state index in [1.54, 1.807) is 48.5 Å². The van der Waals surface area contributed by atoms with Crippen LogP contribution >= 0.6 is 23.2 Å². The molecule has 0 aromatic heterocycles. The van der Waals surface area contributed by atoms with Crippen molar-refractivity contribution in [3.8, 4) is 0 Å². The number of rotatable bonds is 7. The largest absolute Gasteiger partial charge is 0.378 e. The number of halogens is 2. The van der Waals surface area contributed by atoms with Crippen LogP contribution < -0.4 is 5.32 Å². The van der Waals surface area contributed by atoms with Crippen LogP contribution in [0.25, 0.3) is 0 Å². The second-order valence-corrected chi connectivity index (χ2v) is 7.06. The maximum absolute atomic E-state index is 12.7. The van der Waals surface area contributed by atoms with Gasteiger partial charge in [-0.15, -0.1) is 0 Å². The standard InChI is InChI=1S/C21H16Cl2N2O3/c22-16-5-1-14(2-6-16)20(13-21(26)15-3-7-17(23)8-4-15)24-18-9-11-19(12-10-18)25(27)28/h1-12,20,24H,13H2/t20-/m0/s1. The fourth-order valence-corrected chi connectivity index (χ4v) is 3.02. The lowest BCUT2D eigenvalue weighted by atomic mass is 9.97. The summed E-state index contributed by atoms with van der Waals surface area (Å²) in [4.78, 5) is 23.1. The van der Waals surface area contributed by atoms with Gasteiger partial charge < -0.3 is 5.32 Å². The molecule has 142 valence electrons. The van der Waals surface area contributed by atoms with Gasteiger partial charge in [0.15, 0.2) is 5.78 Å². The Balaban J connectivity index is 1.84. The Bertz CT molecular complexity index is 972. The van der Waals surface area contributed by atoms with Crippen LogP contribution in [0.1, 0.15) is 28.4 Å². The zero-order valence-electron chi connectivity index (χ0n) is 14.6. The van der Waals surface area contributed by atoms with Crippen molar-refractivity contribution in [2.45, 2.75) is 12.5 Å². The topological polar surface area (TPSA) is 72.2 Å². The molecule has 1 N–H and O–H groups in total. The van der Waals surface area contributed by atoms with E-state index in [2.05, 4.69) is 5.32 Å². The molecule has 0 aliphatic heterocycles. The van der Waals surface area contributed by atoms with E-state index in [1.807, 2.05) is 12.1 Å². The zero-order valence-corrected chi connectivity index (χ0v) is 16.2. The number of hydrogen-bond donors (Lipinski definition) is 1. The molecule has 28 heavy (non-hydrogen) atoms. The molecule has 0 aliphatic carbocycles. The molecule has 0 heterocycles. The molecular weight excluding hydrogens is 399 g/mol. The van der Waals surface area contributed by atoms with Crippen molar-refractivity contribution >= 4 is 40.4 Å². The Morgan fingerprint density at radius 2 is 1.43 bits per heavy atom. The van der Waals surface area contributed by atoms with E-state index >= 15 is 0 Å². The predicted molar refractivity (Wildman–Crippen MR) is 111 cm³/mol. The predicted octanol–water partition coefficient (Wildman–Crippen LogP) is 6.33. The van der Waals surface area contributed by atoms with Gasteiger partial charge in [0.25, 0.3) is 5.69 Å². The van der Waals surface area contributed by atoms with E-state index in [-0.39, 0.29) is 23.9 Å². The molecule has 0 unspecified atom stereocenters. The number of nitro groups is 1. The average Bonchev–Trinajstić information content (AvgIpc) is 2.69. The first kappa shape index (κ1) is 19.9. The molecule has 1 atom stereocenters. The van der Waals surface area contributed by atoms with E-state index < -0.39 is 4.92 Å². The summed E-state index contributed by atoms with van der Waals surface area (Å²) in [7, 11) is 0. The third-order valence-electron chi connectivity index (χ3n) is 4.25. The molecule has 3 aromatic carbocycles. The van der Waals surface area contributed by atoms with Gasteiger partial charge in [0.05, 0.1) is 11.0 Å². The van der Waals surface area contributed by atoms with E-state index in [0.717, 1.165) is 5.56 Å². The lowest BCUT2D eigenvalue weighted by molar-refractivity contribution is -0.384. The zero-order chi connectivity index (χ0) is 20.1. The number of nitrogens with zero attached hydrogens (tertiary/aromatic N) is 1. The second kappa shape index (κ2) is 8.87. The van der Waals surface area contributed by atoms with Gasteiger partial charge >= 0.3 is 0 Å². The number of Topliss-reactive ketones (excluding diaryl/α,β-unsaturated/α-hetero) is 1. The summed E-state index contributed by atoms with van der Waals surface area (Å²) >= 11 is 11.9. The minimum atomic E-state index is -0.454. The van der Waals surface area contributed by atoms with Crippen molar-refractivity contribution in [2.24, 2.45) is 0 Å². The van der Waals surface area contributed by atoms with Gasteiger partial charge in [-0.1, -0.05) is 35.3 Å². The summed E-state index contributed by atoms with van der Waals surface area (Å²) in [6.45, 7) is 0. The van der Waals surface area contributed by atoms with Crippen molar-refractivity contribution in [3.63, 3.8) is 0 Å². The summed E-state index contributed by atoms with van der Waals surface area (Å²) in [6.07, 6.45) is 0.195. The van der Waals surface area contributed by atoms with Gasteiger partial charge in [-0.25, -0.2) is 0 Å². The Kier molecular flexibility index (Phi) is 6.29. The molecule has 5 nitrogen and oxygen atoms in total. The van der Waals surface area contributed by atoms with Gasteiger partial charge in [-0.3, -0.25) is 14.9 Å². The highest BCUT2D eigenvalue weighted by atomic mass is 35.5. The molecule has 7 heteroatoms. The molecule has 0 radical (unpaired) electrons. The van der Waals surface area contributed by atoms with Gasteiger partial charge in [0.2, 0.25) is 0 Å². The van der Waals surface area contributed by atoms with Crippen molar-refractivity contribution in [1.82, 2.24) is 0 Å². The van der Waals surface area contributed by atoms with Gasteiger partial charge in [0, 0.05) is 39.8 Å². The number of carbonyl (C=O) groups excluding carboxylic acids is 1. The number of ketones is 1. The van der Waals surface area contributed by atoms with Crippen molar-refractivity contribution in [1.29, 1.82) is 0 Å². The van der Waals surface area contributed by atoms with E-state index in [1.165, 1.54) is 12.1 Å². The first-order chi connectivity index (χ1) is 13.4. The number of benzene rings is 3. The summed E-state index contributed by atoms with van der Waals surface area (Å²) in [5.41, 5.74) is 2.12. The Morgan fingerprint density at radius 3 is 1.96 bits per heavy atom. The van der Waals surface area contributed by atoms with Crippen LogP contribution in [-0.2, 0) is 0 Å². The minimum absolute atomic E-state index is 0.00540. The van der Waals surface area contributed by atoms with Crippen LogP contribution in [0.15, 0.2) is 72.8 Å². The van der Waals surface area contributed by atoms with Crippen molar-refractivity contribution in [3.05, 3.63) is 104 Å². The summed E-state index contributed by atoms with van der Waals surface area (Å²) in [5.74, 6) is -0.0500. The molecule has 0 bridgehead atoms. The molecule has 0 saturated heterocycles. The normalized spacial score (nSPS) is 11.6. The average molecular weight is 415 g/mol. The van der Waals surface area contributed by atoms with Crippen LogP contribution in [0.4, 0.5) is 11.4 Å². The Labute approximate surface area is 172 Å². The first-order valence-corrected chi connectivity index (χ1v) is 9.23. The molecule has 0 aliphatic rings. The van der Waals surface area contributed by atoms with Crippen LogP contribution in [0.2, 0.25) is 10.0 Å². The highest BCUT2D eigenvalue weighted by Gasteiger charge is 2.18. The fraction of sp³-hybridized carbons (Fsp3) is 0.0952. The number of nitrogens with one attached hydrogen (secondary N) is 1. The molecular formula is C21H16Cl2N2O3. The number of carbonyl (C=O) groups is 1. The van der Waals surface area contributed by atoms with Crippen LogP contribution in [0.5, 0.6) is 0 Å². The van der Waals surface area contributed by atoms with E-state index in [0.29, 0.717) is 21.3 Å². The van der Waals surface area contributed by atoms with Gasteiger partial charge in [-0.2, -0.15) is 0 Å². The molecule has 0 fully saturated rings. The third kappa shape index (κ3) is 5.09. The maximum Gasteiger partial charge on any atom is 0.269 e. The lowest BCUT2D eigenvalue weighted by Gasteiger charge is -2.20. The van der Waals surface area contributed by atoms with Gasteiger partial charge in [-0.05, 0) is 54.1 Å². The number of hydrogen-bond acceptors (Lipinski definition) is 4. The maximum atomic E-state index is 12.7. The van der Waals surface area contributed by atoms with Crippen LogP contribution in [0, 0.1) is 10.1 Å². The molecule has 3 aromatic rings. The van der Waals surface area contributed by atoms with Crippen LogP contribution in [0.3, 0.4) is 0 Å². The third-order valence-corrected chi connectivity index (χ3v) is 4.75. The smallest absolute Gasteiger partial charge is 0.269 e. The quantitative estimate of drug-likeness (QED) is 0.278. The number of nitro benzene ring substituents is 1. The second-order valence-electron chi connectivity index (χ2n) is 6.19. The summed E-state index contributed by atoms with van der Waals surface area (Å²) < 4.78 is 0. The SMILES string of the molecule is O=C(C[C@H](Nc1ccc([N+](=O)[O-])cc1)c1ccc(Cl)cc1)c1ccc(Cl)cc1. The van der Waals surface area contributed by atoms with Gasteiger partial charge in [0.1, 0.15) is 0 Å². The highest BCUT2D eigenvalue weighted by molar-refractivity contribution is 6.30. The Hall–Kier alpha value is -2.89. The van der Waals surface area contributed by atoms with Crippen LogP contribution in [-0.4, -0.2) is 10.7 Å². The molecule has 0 amide bonds. The molecule has 3 rings (SSSR count). The number of non-ortho nitro benzene ring substituents is 1. The van der Waals surface area contributed by atoms with E-state index in [9.17, 15) is 14.9 Å². The van der Waals surface area contributed by atoms with Crippen molar-refractivity contribution in [2.75, 3.05) is 5.32 Å². The molecule has 0 saturated carbocycles. The lowest BCUT2D eigenvalue weighted by Crippen LogP contribution is -2.16.